The minimum atomic E-state index is -2.03. The van der Waals surface area contributed by atoms with Crippen LogP contribution in [-0.4, -0.2) is 8.32 Å². The molecule has 0 fully saturated rings. The van der Waals surface area contributed by atoms with Gasteiger partial charge >= 0.3 is 29.6 Å². The Morgan fingerprint density at radius 1 is 1.62 bits per heavy atom. The Balaban J connectivity index is 0. The SMILES string of the molecule is C=CC[Si](C)(C)[O-].[Na+]. The van der Waals surface area contributed by atoms with Crippen LogP contribution in [0.5, 0.6) is 0 Å². The van der Waals surface area contributed by atoms with Crippen LogP contribution in [0, 0.1) is 0 Å². The summed E-state index contributed by atoms with van der Waals surface area (Å²) >= 11 is 0. The van der Waals surface area contributed by atoms with E-state index in [9.17, 15) is 4.80 Å². The molecular weight excluding hydrogens is 127 g/mol. The number of hydrogen-bond donors (Lipinski definition) is 0. The molecule has 0 aromatic rings. The normalized spacial score (nSPS) is 9.88. The van der Waals surface area contributed by atoms with E-state index in [2.05, 4.69) is 6.58 Å². The Labute approximate surface area is 74.2 Å². The van der Waals surface area contributed by atoms with Gasteiger partial charge in [-0.3, -0.25) is 0 Å². The smallest absolute Gasteiger partial charge is 0.858 e. The standard InChI is InChI=1S/C5H11OSi.Na/c1-4-5-7(2,3)6;/h4H,1,5H2,2-3H3;/q-1;+1. The molecule has 0 aliphatic rings. The van der Waals surface area contributed by atoms with Crippen molar-refractivity contribution in [3.63, 3.8) is 0 Å². The quantitative estimate of drug-likeness (QED) is 0.312. The molecular formula is C5H11NaOSi. The summed E-state index contributed by atoms with van der Waals surface area (Å²) in [5.41, 5.74) is 0. The zero-order valence-corrected chi connectivity index (χ0v) is 8.90. The Bertz CT molecular complexity index is 67.3. The van der Waals surface area contributed by atoms with Gasteiger partial charge < -0.3 is 4.80 Å². The van der Waals surface area contributed by atoms with Crippen LogP contribution in [0.15, 0.2) is 12.7 Å². The van der Waals surface area contributed by atoms with Crippen molar-refractivity contribution in [3.8, 4) is 0 Å². The number of hydrogen-bond acceptors (Lipinski definition) is 1. The average Bonchev–Trinajstić information content (AvgIpc) is 1.30. The number of allylic oxidation sites excluding steroid dienone is 1. The largest absolute Gasteiger partial charge is 1.00 e. The molecule has 0 saturated heterocycles. The molecule has 0 bridgehead atoms. The summed E-state index contributed by atoms with van der Waals surface area (Å²) in [6.07, 6.45) is 1.71. The molecule has 0 unspecified atom stereocenters. The molecule has 0 aliphatic carbocycles. The third-order valence-electron chi connectivity index (χ3n) is 0.636. The first-order valence-electron chi connectivity index (χ1n) is 2.37. The van der Waals surface area contributed by atoms with Crippen molar-refractivity contribution < 1.29 is 34.4 Å². The van der Waals surface area contributed by atoms with Gasteiger partial charge in [-0.05, 0) is 8.32 Å². The fourth-order valence-electron chi connectivity index (χ4n) is 0.348. The molecule has 0 radical (unpaired) electrons. The van der Waals surface area contributed by atoms with E-state index in [1.165, 1.54) is 0 Å². The van der Waals surface area contributed by atoms with Gasteiger partial charge in [0.25, 0.3) is 0 Å². The maximum Gasteiger partial charge on any atom is 1.00 e. The second-order valence-corrected chi connectivity index (χ2v) is 6.18. The summed E-state index contributed by atoms with van der Waals surface area (Å²) in [4.78, 5) is 10.8. The maximum atomic E-state index is 10.8. The molecule has 0 N–H and O–H groups in total. The molecule has 0 rings (SSSR count). The van der Waals surface area contributed by atoms with Gasteiger partial charge in [0.2, 0.25) is 0 Å². The third-order valence-corrected chi connectivity index (χ3v) is 1.91. The van der Waals surface area contributed by atoms with Gasteiger partial charge in [-0.2, -0.15) is 0 Å². The first-order chi connectivity index (χ1) is 3.06. The van der Waals surface area contributed by atoms with Crippen LogP contribution in [0.4, 0.5) is 0 Å². The van der Waals surface area contributed by atoms with Crippen molar-refractivity contribution in [2.75, 3.05) is 0 Å². The van der Waals surface area contributed by atoms with Gasteiger partial charge in [-0.1, -0.05) is 25.2 Å². The first-order valence-corrected chi connectivity index (χ1v) is 5.49. The Hall–Kier alpha value is 0.917. The Morgan fingerprint density at radius 3 is 2.00 bits per heavy atom. The van der Waals surface area contributed by atoms with E-state index in [1.807, 2.05) is 0 Å². The first kappa shape index (κ1) is 11.7. The van der Waals surface area contributed by atoms with E-state index in [0.29, 0.717) is 6.04 Å². The zero-order valence-electron chi connectivity index (χ0n) is 5.90. The molecule has 0 saturated carbocycles. The molecule has 42 valence electrons. The van der Waals surface area contributed by atoms with Gasteiger partial charge in [-0.25, -0.2) is 0 Å². The van der Waals surface area contributed by atoms with Crippen LogP contribution in [0.2, 0.25) is 19.1 Å². The summed E-state index contributed by atoms with van der Waals surface area (Å²) < 4.78 is 0. The minimum Gasteiger partial charge on any atom is -0.858 e. The fraction of sp³-hybridized carbons (Fsp3) is 0.600. The number of rotatable bonds is 2. The third kappa shape index (κ3) is 10.0. The van der Waals surface area contributed by atoms with Crippen LogP contribution in [0.1, 0.15) is 0 Å². The molecule has 1 nitrogen and oxygen atoms in total. The van der Waals surface area contributed by atoms with Crippen molar-refractivity contribution in [1.29, 1.82) is 0 Å². The predicted molar refractivity (Wildman–Crippen MR) is 32.5 cm³/mol. The van der Waals surface area contributed by atoms with Crippen molar-refractivity contribution in [1.82, 2.24) is 0 Å². The molecule has 0 amide bonds. The summed E-state index contributed by atoms with van der Waals surface area (Å²) in [5, 5.41) is 0. The molecule has 0 heterocycles. The van der Waals surface area contributed by atoms with Crippen molar-refractivity contribution in [2.24, 2.45) is 0 Å². The predicted octanol–water partition coefficient (Wildman–Crippen LogP) is -2.26. The molecule has 0 spiro atoms. The van der Waals surface area contributed by atoms with Crippen molar-refractivity contribution in [2.45, 2.75) is 19.1 Å². The van der Waals surface area contributed by atoms with Gasteiger partial charge in [0.1, 0.15) is 0 Å². The van der Waals surface area contributed by atoms with Crippen molar-refractivity contribution in [3.05, 3.63) is 12.7 Å². The topological polar surface area (TPSA) is 23.1 Å². The maximum absolute atomic E-state index is 10.8. The van der Waals surface area contributed by atoms with Gasteiger partial charge in [0.15, 0.2) is 0 Å². The summed E-state index contributed by atoms with van der Waals surface area (Å²) in [5.74, 6) is 0. The fourth-order valence-corrected chi connectivity index (χ4v) is 1.04. The van der Waals surface area contributed by atoms with Gasteiger partial charge in [-0.15, -0.1) is 6.58 Å². The van der Waals surface area contributed by atoms with Crippen LogP contribution >= 0.6 is 0 Å². The van der Waals surface area contributed by atoms with Crippen molar-refractivity contribution >= 4 is 8.32 Å². The van der Waals surface area contributed by atoms with E-state index >= 15 is 0 Å². The summed E-state index contributed by atoms with van der Waals surface area (Å²) in [6.45, 7) is 7.05. The van der Waals surface area contributed by atoms with E-state index in [0.717, 1.165) is 0 Å². The average molecular weight is 138 g/mol. The van der Waals surface area contributed by atoms with Gasteiger partial charge in [0.05, 0.1) is 0 Å². The van der Waals surface area contributed by atoms with E-state index in [-0.39, 0.29) is 29.6 Å². The molecule has 0 aromatic heterocycles. The Kier molecular flexibility index (Phi) is 6.96. The van der Waals surface area contributed by atoms with E-state index in [4.69, 9.17) is 0 Å². The Morgan fingerprint density at radius 2 is 2.00 bits per heavy atom. The molecule has 8 heavy (non-hydrogen) atoms. The molecule has 0 aromatic carbocycles. The monoisotopic (exact) mass is 138 g/mol. The van der Waals surface area contributed by atoms with Crippen LogP contribution in [-0.2, 0) is 0 Å². The van der Waals surface area contributed by atoms with E-state index in [1.54, 1.807) is 19.2 Å². The van der Waals surface area contributed by atoms with Gasteiger partial charge in [0, 0.05) is 0 Å². The molecule has 0 atom stereocenters. The second kappa shape index (κ2) is 4.76. The van der Waals surface area contributed by atoms with E-state index < -0.39 is 8.32 Å². The van der Waals surface area contributed by atoms with Crippen LogP contribution in [0.3, 0.4) is 0 Å². The zero-order chi connectivity index (χ0) is 5.91. The molecule has 3 heteroatoms. The second-order valence-electron chi connectivity index (χ2n) is 2.25. The minimum absolute atomic E-state index is 0. The summed E-state index contributed by atoms with van der Waals surface area (Å²) in [6, 6.07) is 0.688. The van der Waals surface area contributed by atoms with Crippen LogP contribution in [0.25, 0.3) is 0 Å². The molecule has 0 aliphatic heterocycles. The summed E-state index contributed by atoms with van der Waals surface area (Å²) in [7, 11) is -2.03. The van der Waals surface area contributed by atoms with Crippen LogP contribution < -0.4 is 34.4 Å².